The summed E-state index contributed by atoms with van der Waals surface area (Å²) >= 11 is 0. The Morgan fingerprint density at radius 2 is 2.15 bits per heavy atom. The summed E-state index contributed by atoms with van der Waals surface area (Å²) in [5, 5.41) is 3.46. The van der Waals surface area contributed by atoms with Crippen molar-refractivity contribution in [3.8, 4) is 5.75 Å². The van der Waals surface area contributed by atoms with Gasteiger partial charge in [0, 0.05) is 19.0 Å². The summed E-state index contributed by atoms with van der Waals surface area (Å²) in [6.45, 7) is 5.80. The zero-order valence-corrected chi connectivity index (χ0v) is 12.3. The normalized spacial score (nSPS) is 12.3. The van der Waals surface area contributed by atoms with Gasteiger partial charge in [-0.15, -0.1) is 0 Å². The van der Waals surface area contributed by atoms with Gasteiger partial charge in [-0.05, 0) is 50.1 Å². The third kappa shape index (κ3) is 5.10. The topological polar surface area (TPSA) is 34.4 Å². The standard InChI is InChI=1S/C17H23NO2/c1-14-5-3-6-17(13-14)20-12-10-18-15(2)8-9-16-7-4-11-19-16/h3-7,11,13,15,18H,8-10,12H2,1-2H3. The summed E-state index contributed by atoms with van der Waals surface area (Å²) in [6, 6.07) is 12.6. The highest BCUT2D eigenvalue weighted by Gasteiger charge is 2.03. The molecule has 1 aromatic heterocycles. The fourth-order valence-corrected chi connectivity index (χ4v) is 2.09. The highest BCUT2D eigenvalue weighted by atomic mass is 16.5. The lowest BCUT2D eigenvalue weighted by molar-refractivity contribution is 0.304. The Bertz CT molecular complexity index is 493. The van der Waals surface area contributed by atoms with Gasteiger partial charge in [-0.2, -0.15) is 0 Å². The minimum atomic E-state index is 0.459. The Morgan fingerprint density at radius 3 is 2.90 bits per heavy atom. The number of rotatable bonds is 8. The van der Waals surface area contributed by atoms with Crippen molar-refractivity contribution in [2.75, 3.05) is 13.2 Å². The number of hydrogen-bond acceptors (Lipinski definition) is 3. The van der Waals surface area contributed by atoms with E-state index in [1.807, 2.05) is 24.3 Å². The van der Waals surface area contributed by atoms with Crippen LogP contribution in [0, 0.1) is 6.92 Å². The Hall–Kier alpha value is -1.74. The first-order valence-electron chi connectivity index (χ1n) is 7.19. The van der Waals surface area contributed by atoms with Crippen LogP contribution in [0.1, 0.15) is 24.7 Å². The Morgan fingerprint density at radius 1 is 1.25 bits per heavy atom. The van der Waals surface area contributed by atoms with Crippen LogP contribution in [0.2, 0.25) is 0 Å². The molecule has 1 aromatic carbocycles. The van der Waals surface area contributed by atoms with Gasteiger partial charge in [0.2, 0.25) is 0 Å². The van der Waals surface area contributed by atoms with Crippen molar-refractivity contribution in [3.63, 3.8) is 0 Å². The van der Waals surface area contributed by atoms with E-state index in [0.29, 0.717) is 12.6 Å². The first-order chi connectivity index (χ1) is 9.74. The van der Waals surface area contributed by atoms with Crippen molar-refractivity contribution >= 4 is 0 Å². The second-order valence-corrected chi connectivity index (χ2v) is 5.14. The number of hydrogen-bond donors (Lipinski definition) is 1. The number of aryl methyl sites for hydroxylation is 2. The van der Waals surface area contributed by atoms with E-state index in [1.54, 1.807) is 6.26 Å². The number of nitrogens with one attached hydrogen (secondary N) is 1. The first-order valence-corrected chi connectivity index (χ1v) is 7.19. The lowest BCUT2D eigenvalue weighted by Gasteiger charge is -2.13. The van der Waals surface area contributed by atoms with Gasteiger partial charge in [0.05, 0.1) is 6.26 Å². The molecule has 0 bridgehead atoms. The van der Waals surface area contributed by atoms with Crippen LogP contribution in [0.3, 0.4) is 0 Å². The largest absolute Gasteiger partial charge is 0.492 e. The molecule has 0 saturated carbocycles. The summed E-state index contributed by atoms with van der Waals surface area (Å²) in [4.78, 5) is 0. The average molecular weight is 273 g/mol. The van der Waals surface area contributed by atoms with Crippen molar-refractivity contribution in [1.82, 2.24) is 5.32 Å². The number of ether oxygens (including phenoxy) is 1. The van der Waals surface area contributed by atoms with Crippen LogP contribution in [0.15, 0.2) is 47.1 Å². The van der Waals surface area contributed by atoms with Crippen LogP contribution in [0.25, 0.3) is 0 Å². The lowest BCUT2D eigenvalue weighted by atomic mass is 10.1. The summed E-state index contributed by atoms with van der Waals surface area (Å²) in [5.41, 5.74) is 1.22. The molecular weight excluding hydrogens is 250 g/mol. The van der Waals surface area contributed by atoms with Gasteiger partial charge in [0.1, 0.15) is 18.1 Å². The molecule has 0 aliphatic carbocycles. The van der Waals surface area contributed by atoms with E-state index in [0.717, 1.165) is 30.9 Å². The molecule has 0 amide bonds. The second kappa shape index (κ2) is 7.75. The third-order valence-electron chi connectivity index (χ3n) is 3.26. The van der Waals surface area contributed by atoms with Crippen LogP contribution in [0.5, 0.6) is 5.75 Å². The molecule has 108 valence electrons. The summed E-state index contributed by atoms with van der Waals surface area (Å²) in [7, 11) is 0. The van der Waals surface area contributed by atoms with Gasteiger partial charge in [-0.25, -0.2) is 0 Å². The molecule has 1 N–H and O–H groups in total. The maximum atomic E-state index is 5.71. The van der Waals surface area contributed by atoms with Crippen molar-refractivity contribution in [2.45, 2.75) is 32.7 Å². The van der Waals surface area contributed by atoms with E-state index in [1.165, 1.54) is 5.56 Å². The van der Waals surface area contributed by atoms with Crippen LogP contribution >= 0.6 is 0 Å². The van der Waals surface area contributed by atoms with Gasteiger partial charge < -0.3 is 14.5 Å². The van der Waals surface area contributed by atoms with Gasteiger partial charge in [0.25, 0.3) is 0 Å². The molecule has 0 fully saturated rings. The van der Waals surface area contributed by atoms with Crippen molar-refractivity contribution in [3.05, 3.63) is 54.0 Å². The molecule has 2 aromatic rings. The maximum absolute atomic E-state index is 5.71. The molecule has 0 aliphatic rings. The second-order valence-electron chi connectivity index (χ2n) is 5.14. The molecule has 0 aliphatic heterocycles. The first kappa shape index (κ1) is 14.7. The van der Waals surface area contributed by atoms with Gasteiger partial charge in [-0.1, -0.05) is 12.1 Å². The summed E-state index contributed by atoms with van der Waals surface area (Å²) in [6.07, 6.45) is 3.76. The molecule has 1 unspecified atom stereocenters. The summed E-state index contributed by atoms with van der Waals surface area (Å²) in [5.74, 6) is 1.99. The lowest BCUT2D eigenvalue weighted by Crippen LogP contribution is -2.30. The van der Waals surface area contributed by atoms with E-state index in [2.05, 4.69) is 31.3 Å². The smallest absolute Gasteiger partial charge is 0.119 e. The number of furan rings is 1. The maximum Gasteiger partial charge on any atom is 0.119 e. The molecule has 1 heterocycles. The molecule has 3 nitrogen and oxygen atoms in total. The van der Waals surface area contributed by atoms with Gasteiger partial charge >= 0.3 is 0 Å². The SMILES string of the molecule is Cc1cccc(OCCNC(C)CCc2ccco2)c1. The van der Waals surface area contributed by atoms with E-state index in [4.69, 9.17) is 9.15 Å². The Balaban J connectivity index is 1.58. The zero-order valence-electron chi connectivity index (χ0n) is 12.3. The van der Waals surface area contributed by atoms with Crippen molar-refractivity contribution < 1.29 is 9.15 Å². The van der Waals surface area contributed by atoms with E-state index in [9.17, 15) is 0 Å². The van der Waals surface area contributed by atoms with Crippen molar-refractivity contribution in [2.24, 2.45) is 0 Å². The predicted octanol–water partition coefficient (Wildman–Crippen LogP) is 3.58. The predicted molar refractivity (Wildman–Crippen MR) is 81.2 cm³/mol. The van der Waals surface area contributed by atoms with Crippen LogP contribution in [-0.4, -0.2) is 19.2 Å². The molecule has 3 heteroatoms. The van der Waals surface area contributed by atoms with E-state index >= 15 is 0 Å². The highest BCUT2D eigenvalue weighted by Crippen LogP contribution is 2.11. The van der Waals surface area contributed by atoms with Gasteiger partial charge in [0.15, 0.2) is 0 Å². The molecular formula is C17H23NO2. The minimum Gasteiger partial charge on any atom is -0.492 e. The van der Waals surface area contributed by atoms with Crippen molar-refractivity contribution in [1.29, 1.82) is 0 Å². The van der Waals surface area contributed by atoms with E-state index < -0.39 is 0 Å². The Kier molecular flexibility index (Phi) is 5.69. The molecule has 2 rings (SSSR count). The summed E-state index contributed by atoms with van der Waals surface area (Å²) < 4.78 is 11.0. The van der Waals surface area contributed by atoms with Crippen LogP contribution in [0.4, 0.5) is 0 Å². The molecule has 20 heavy (non-hydrogen) atoms. The molecule has 1 atom stereocenters. The third-order valence-corrected chi connectivity index (χ3v) is 3.26. The zero-order chi connectivity index (χ0) is 14.2. The minimum absolute atomic E-state index is 0.459. The van der Waals surface area contributed by atoms with Gasteiger partial charge in [-0.3, -0.25) is 0 Å². The molecule has 0 spiro atoms. The average Bonchev–Trinajstić information content (AvgIpc) is 2.95. The van der Waals surface area contributed by atoms with E-state index in [-0.39, 0.29) is 0 Å². The fraction of sp³-hybridized carbons (Fsp3) is 0.412. The molecule has 0 radical (unpaired) electrons. The molecule has 0 saturated heterocycles. The number of benzene rings is 1. The quantitative estimate of drug-likeness (QED) is 0.747. The Labute approximate surface area is 121 Å². The monoisotopic (exact) mass is 273 g/mol. The van der Waals surface area contributed by atoms with Crippen LogP contribution < -0.4 is 10.1 Å². The fourth-order valence-electron chi connectivity index (χ4n) is 2.09. The van der Waals surface area contributed by atoms with Crippen LogP contribution in [-0.2, 0) is 6.42 Å². The highest BCUT2D eigenvalue weighted by molar-refractivity contribution is 5.27.